The van der Waals surface area contributed by atoms with E-state index in [-0.39, 0.29) is 41.8 Å². The molecule has 0 radical (unpaired) electrons. The van der Waals surface area contributed by atoms with Crippen LogP contribution in [0.15, 0.2) is 85.2 Å². The van der Waals surface area contributed by atoms with Gasteiger partial charge in [0.15, 0.2) is 0 Å². The number of nitrogens with two attached hydrogens (primary N) is 3. The van der Waals surface area contributed by atoms with Crippen LogP contribution < -0.4 is 52.2 Å². The molecule has 1 fully saturated rings. The van der Waals surface area contributed by atoms with E-state index in [1.54, 1.807) is 0 Å². The number of hydrogen-bond donors (Lipinski definition) is 5. The number of likely N-dealkylation sites (tertiary alicyclic amines) is 1. The third kappa shape index (κ3) is 9.16. The van der Waals surface area contributed by atoms with E-state index >= 15 is 0 Å². The van der Waals surface area contributed by atoms with Crippen molar-refractivity contribution in [3.63, 3.8) is 0 Å². The second-order valence-corrected chi connectivity index (χ2v) is 7.46. The Hall–Kier alpha value is -2.13. The summed E-state index contributed by atoms with van der Waals surface area (Å²) < 4.78 is 0. The molecule has 1 atom stereocenters. The van der Waals surface area contributed by atoms with Crippen molar-refractivity contribution in [3.05, 3.63) is 96.3 Å². The van der Waals surface area contributed by atoms with Crippen molar-refractivity contribution in [3.8, 4) is 0 Å². The Morgan fingerprint density at radius 3 is 2.25 bits per heavy atom. The SMILES string of the molecule is C=C(NCc1ccccc1)C1CCCN1C(=C)CN(N)[C-]=N.NC(N)c1ccccc1.[Na+]. The van der Waals surface area contributed by atoms with Gasteiger partial charge in [-0.15, -0.1) is 0 Å². The fourth-order valence-electron chi connectivity index (χ4n) is 3.44. The summed E-state index contributed by atoms with van der Waals surface area (Å²) in [5.74, 6) is 5.61. The van der Waals surface area contributed by atoms with E-state index in [1.165, 1.54) is 10.6 Å². The standard InChI is InChI=1S/C17H24N5.C7H10N2.Na/c1-14(12-21(19)13-18)22-10-6-9-17(22)15(2)20-11-16-7-4-3-5-8-16;8-7(9)6-4-2-1-3-5-6;/h3-5,7-8,17-18,20H,1-2,6,9-12,19H2;1-5,7H,8-9H2;/q-1;;+1. The summed E-state index contributed by atoms with van der Waals surface area (Å²) in [4.78, 5) is 2.22. The average Bonchev–Trinajstić information content (AvgIpc) is 3.29. The second kappa shape index (κ2) is 14.8. The summed E-state index contributed by atoms with van der Waals surface area (Å²) in [6, 6.07) is 20.1. The van der Waals surface area contributed by atoms with Gasteiger partial charge in [-0.1, -0.05) is 73.8 Å². The van der Waals surface area contributed by atoms with Crippen molar-refractivity contribution >= 4 is 6.34 Å². The summed E-state index contributed by atoms with van der Waals surface area (Å²) in [6.07, 6.45) is 3.96. The molecule has 0 amide bonds. The predicted octanol–water partition coefficient (Wildman–Crippen LogP) is -0.466. The van der Waals surface area contributed by atoms with Crippen LogP contribution in [0, 0.1) is 5.41 Å². The Bertz CT molecular complexity index is 827. The van der Waals surface area contributed by atoms with Crippen molar-refractivity contribution in [1.29, 1.82) is 5.41 Å². The van der Waals surface area contributed by atoms with Gasteiger partial charge < -0.3 is 32.1 Å². The molecule has 0 spiro atoms. The minimum Gasteiger partial charge on any atom is -0.497 e. The van der Waals surface area contributed by atoms with Gasteiger partial charge in [-0.2, -0.15) is 0 Å². The maximum atomic E-state index is 7.03. The fraction of sp³-hybridized carbons (Fsp3) is 0.292. The molecule has 1 aliphatic rings. The molecule has 0 aromatic heterocycles. The predicted molar refractivity (Wildman–Crippen MR) is 127 cm³/mol. The van der Waals surface area contributed by atoms with Crippen LogP contribution in [-0.2, 0) is 6.54 Å². The maximum absolute atomic E-state index is 7.03. The third-order valence-corrected chi connectivity index (χ3v) is 5.10. The van der Waals surface area contributed by atoms with E-state index in [0.29, 0.717) is 6.54 Å². The molecule has 8 heteroatoms. The first-order valence-corrected chi connectivity index (χ1v) is 10.3. The van der Waals surface area contributed by atoms with Crippen LogP contribution in [0.2, 0.25) is 0 Å². The quantitative estimate of drug-likeness (QED) is 0.0523. The van der Waals surface area contributed by atoms with Gasteiger partial charge in [0.1, 0.15) is 0 Å². The molecular formula is C24H34N7Na. The monoisotopic (exact) mass is 443 g/mol. The first-order chi connectivity index (χ1) is 14.9. The summed E-state index contributed by atoms with van der Waals surface area (Å²) in [5, 5.41) is 11.7. The van der Waals surface area contributed by atoms with Crippen LogP contribution in [-0.4, -0.2) is 35.4 Å². The molecule has 32 heavy (non-hydrogen) atoms. The van der Waals surface area contributed by atoms with E-state index < -0.39 is 0 Å². The largest absolute Gasteiger partial charge is 1.00 e. The molecule has 2 aromatic rings. The van der Waals surface area contributed by atoms with Gasteiger partial charge in [-0.25, -0.2) is 0 Å². The first-order valence-electron chi connectivity index (χ1n) is 10.3. The third-order valence-electron chi connectivity index (χ3n) is 5.10. The minimum atomic E-state index is -0.341. The van der Waals surface area contributed by atoms with E-state index in [4.69, 9.17) is 22.7 Å². The fourth-order valence-corrected chi connectivity index (χ4v) is 3.44. The molecule has 0 aliphatic carbocycles. The van der Waals surface area contributed by atoms with Gasteiger partial charge >= 0.3 is 29.6 Å². The summed E-state index contributed by atoms with van der Waals surface area (Å²) in [5.41, 5.74) is 14.9. The van der Waals surface area contributed by atoms with Crippen molar-refractivity contribution in [2.45, 2.75) is 31.6 Å². The Morgan fingerprint density at radius 1 is 1.12 bits per heavy atom. The zero-order valence-corrected chi connectivity index (χ0v) is 21.0. The van der Waals surface area contributed by atoms with Crippen LogP contribution in [0.3, 0.4) is 0 Å². The summed E-state index contributed by atoms with van der Waals surface area (Å²) in [7, 11) is 0. The van der Waals surface area contributed by atoms with Gasteiger partial charge in [0, 0.05) is 31.0 Å². The van der Waals surface area contributed by atoms with Crippen molar-refractivity contribution in [2.75, 3.05) is 13.1 Å². The summed E-state index contributed by atoms with van der Waals surface area (Å²) in [6.45, 7) is 10.4. The van der Waals surface area contributed by atoms with Gasteiger partial charge in [-0.05, 0) is 24.0 Å². The molecule has 8 N–H and O–H groups in total. The van der Waals surface area contributed by atoms with E-state index in [2.05, 4.69) is 41.8 Å². The van der Waals surface area contributed by atoms with Crippen LogP contribution in [0.4, 0.5) is 0 Å². The number of nitrogens with one attached hydrogen (secondary N) is 2. The number of rotatable bonds is 9. The number of benzene rings is 2. The van der Waals surface area contributed by atoms with Crippen LogP contribution >= 0.6 is 0 Å². The van der Waals surface area contributed by atoms with Crippen molar-refractivity contribution in [1.82, 2.24) is 15.2 Å². The molecule has 7 nitrogen and oxygen atoms in total. The van der Waals surface area contributed by atoms with Crippen molar-refractivity contribution in [2.24, 2.45) is 17.3 Å². The Morgan fingerprint density at radius 2 is 1.72 bits per heavy atom. The number of hydrogen-bond acceptors (Lipinski definition) is 6. The second-order valence-electron chi connectivity index (χ2n) is 7.46. The zero-order chi connectivity index (χ0) is 22.6. The topological polar surface area (TPSA) is 120 Å². The van der Waals surface area contributed by atoms with E-state index in [0.717, 1.165) is 42.9 Å². The Balaban J connectivity index is 0.000000431. The molecular weight excluding hydrogens is 409 g/mol. The van der Waals surface area contributed by atoms with Gasteiger partial charge in [0.05, 0.1) is 12.2 Å². The summed E-state index contributed by atoms with van der Waals surface area (Å²) >= 11 is 0. The zero-order valence-electron chi connectivity index (χ0n) is 19.0. The van der Waals surface area contributed by atoms with Crippen LogP contribution in [0.5, 0.6) is 0 Å². The maximum Gasteiger partial charge on any atom is 1.00 e. The van der Waals surface area contributed by atoms with Crippen molar-refractivity contribution < 1.29 is 29.6 Å². The molecule has 0 saturated carbocycles. The van der Waals surface area contributed by atoms with Gasteiger partial charge in [0.25, 0.3) is 0 Å². The molecule has 1 saturated heterocycles. The smallest absolute Gasteiger partial charge is 0.497 e. The molecule has 166 valence electrons. The van der Waals surface area contributed by atoms with Crippen LogP contribution in [0.25, 0.3) is 0 Å². The molecule has 1 unspecified atom stereocenters. The Labute approximate surface area is 214 Å². The first kappa shape index (κ1) is 27.9. The van der Waals surface area contributed by atoms with Gasteiger partial charge in [0.2, 0.25) is 0 Å². The normalized spacial score (nSPS) is 14.6. The minimum absolute atomic E-state index is 0. The van der Waals surface area contributed by atoms with E-state index in [1.807, 2.05) is 48.5 Å². The van der Waals surface area contributed by atoms with Gasteiger partial charge in [-0.3, -0.25) is 12.2 Å². The molecule has 2 aromatic carbocycles. The number of nitrogens with zero attached hydrogens (tertiary/aromatic N) is 2. The van der Waals surface area contributed by atoms with E-state index in [9.17, 15) is 0 Å². The molecule has 1 heterocycles. The molecule has 1 aliphatic heterocycles. The average molecular weight is 444 g/mol. The number of hydrazine groups is 1. The Kier molecular flexibility index (Phi) is 12.9. The van der Waals surface area contributed by atoms with Crippen LogP contribution in [0.1, 0.15) is 30.1 Å². The molecule has 3 rings (SSSR count). The molecule has 0 bridgehead atoms.